The van der Waals surface area contributed by atoms with E-state index in [2.05, 4.69) is 16.0 Å². The molecule has 12 nitrogen and oxygen atoms in total. The van der Waals surface area contributed by atoms with Crippen molar-refractivity contribution in [3.8, 4) is 0 Å². The number of hydrogen-bond donors (Lipinski definition) is 7. The standard InChI is InChI=1S/C16H28N4O8/c1-8(2)5-10(16(27)28)20-14(25)9(3-4-13(23)24)19-15(26)11(7-21)18-12(22)6-17/h8-11,21H,3-7,17H2,1-2H3,(H,18,22)(H,19,26)(H,20,25)(H,23,24)(H,27,28). The summed E-state index contributed by atoms with van der Waals surface area (Å²) in [5, 5.41) is 33.9. The summed E-state index contributed by atoms with van der Waals surface area (Å²) in [6.07, 6.45) is -0.657. The maximum absolute atomic E-state index is 12.4. The van der Waals surface area contributed by atoms with Gasteiger partial charge in [-0.15, -0.1) is 0 Å². The van der Waals surface area contributed by atoms with Crippen molar-refractivity contribution in [2.24, 2.45) is 11.7 Å². The van der Waals surface area contributed by atoms with Gasteiger partial charge in [-0.05, 0) is 18.8 Å². The summed E-state index contributed by atoms with van der Waals surface area (Å²) in [5.74, 6) is -5.08. The largest absolute Gasteiger partial charge is 0.481 e. The quantitative estimate of drug-likeness (QED) is 0.171. The van der Waals surface area contributed by atoms with Crippen LogP contribution < -0.4 is 21.7 Å². The molecule has 3 atom stereocenters. The van der Waals surface area contributed by atoms with Crippen molar-refractivity contribution < 1.29 is 39.3 Å². The Morgan fingerprint density at radius 1 is 0.893 bits per heavy atom. The van der Waals surface area contributed by atoms with Crippen molar-refractivity contribution in [3.05, 3.63) is 0 Å². The summed E-state index contributed by atoms with van der Waals surface area (Å²) in [5.41, 5.74) is 5.12. The molecule has 0 saturated heterocycles. The first-order valence-corrected chi connectivity index (χ1v) is 8.67. The number of hydrogen-bond acceptors (Lipinski definition) is 7. The summed E-state index contributed by atoms with van der Waals surface area (Å²) in [6.45, 7) is 2.31. The van der Waals surface area contributed by atoms with Gasteiger partial charge in [0.05, 0.1) is 13.2 Å². The van der Waals surface area contributed by atoms with Crippen LogP contribution in [0.1, 0.15) is 33.1 Å². The van der Waals surface area contributed by atoms with Gasteiger partial charge in [-0.25, -0.2) is 4.79 Å². The van der Waals surface area contributed by atoms with E-state index < -0.39 is 67.4 Å². The third kappa shape index (κ3) is 9.83. The predicted octanol–water partition coefficient (Wildman–Crippen LogP) is -2.61. The van der Waals surface area contributed by atoms with Crippen molar-refractivity contribution in [1.82, 2.24) is 16.0 Å². The van der Waals surface area contributed by atoms with Gasteiger partial charge < -0.3 is 37.0 Å². The lowest BCUT2D eigenvalue weighted by molar-refractivity contribution is -0.143. The van der Waals surface area contributed by atoms with Gasteiger partial charge >= 0.3 is 11.9 Å². The Balaban J connectivity index is 5.25. The highest BCUT2D eigenvalue weighted by Crippen LogP contribution is 2.07. The van der Waals surface area contributed by atoms with Crippen LogP contribution in [0.15, 0.2) is 0 Å². The number of aliphatic hydroxyl groups excluding tert-OH is 1. The molecule has 160 valence electrons. The third-order valence-corrected chi connectivity index (χ3v) is 3.62. The van der Waals surface area contributed by atoms with Gasteiger partial charge in [0.2, 0.25) is 17.7 Å². The van der Waals surface area contributed by atoms with E-state index in [0.717, 1.165) is 0 Å². The number of carbonyl (C=O) groups excluding carboxylic acids is 3. The third-order valence-electron chi connectivity index (χ3n) is 3.62. The first kappa shape index (κ1) is 25.3. The van der Waals surface area contributed by atoms with Crippen molar-refractivity contribution in [1.29, 1.82) is 0 Å². The SMILES string of the molecule is CC(C)CC(NC(=O)C(CCC(=O)O)NC(=O)C(CO)NC(=O)CN)C(=O)O. The molecule has 3 amide bonds. The number of aliphatic hydroxyl groups is 1. The molecule has 0 saturated carbocycles. The Hall–Kier alpha value is -2.73. The smallest absolute Gasteiger partial charge is 0.326 e. The van der Waals surface area contributed by atoms with E-state index in [1.54, 1.807) is 13.8 Å². The summed E-state index contributed by atoms with van der Waals surface area (Å²) in [7, 11) is 0. The molecule has 0 aromatic carbocycles. The molecule has 0 aromatic heterocycles. The number of nitrogens with one attached hydrogen (secondary N) is 3. The Bertz CT molecular complexity index is 581. The molecular formula is C16H28N4O8. The van der Waals surface area contributed by atoms with E-state index in [1.165, 1.54) is 0 Å². The highest BCUT2D eigenvalue weighted by Gasteiger charge is 2.29. The summed E-state index contributed by atoms with van der Waals surface area (Å²) in [4.78, 5) is 58.0. The second-order valence-electron chi connectivity index (χ2n) is 6.53. The summed E-state index contributed by atoms with van der Waals surface area (Å²) < 4.78 is 0. The van der Waals surface area contributed by atoms with Gasteiger partial charge in [0.25, 0.3) is 0 Å². The second-order valence-corrected chi connectivity index (χ2v) is 6.53. The van der Waals surface area contributed by atoms with Crippen LogP contribution in [0.2, 0.25) is 0 Å². The van der Waals surface area contributed by atoms with Crippen LogP contribution >= 0.6 is 0 Å². The molecule has 0 fully saturated rings. The van der Waals surface area contributed by atoms with Crippen molar-refractivity contribution >= 4 is 29.7 Å². The fraction of sp³-hybridized carbons (Fsp3) is 0.688. The van der Waals surface area contributed by atoms with Crippen LogP contribution in [0.3, 0.4) is 0 Å². The van der Waals surface area contributed by atoms with Gasteiger partial charge in [-0.2, -0.15) is 0 Å². The van der Waals surface area contributed by atoms with Gasteiger partial charge in [-0.1, -0.05) is 13.8 Å². The first-order chi connectivity index (χ1) is 13.0. The van der Waals surface area contributed by atoms with Gasteiger partial charge in [0.15, 0.2) is 0 Å². The Kier molecular flexibility index (Phi) is 11.4. The lowest BCUT2D eigenvalue weighted by Gasteiger charge is -2.24. The molecule has 0 spiro atoms. The van der Waals surface area contributed by atoms with Gasteiger partial charge in [0.1, 0.15) is 18.1 Å². The van der Waals surface area contributed by atoms with Gasteiger partial charge in [0, 0.05) is 6.42 Å². The Morgan fingerprint density at radius 2 is 1.43 bits per heavy atom. The topological polar surface area (TPSA) is 208 Å². The molecule has 0 rings (SSSR count). The fourth-order valence-electron chi connectivity index (χ4n) is 2.22. The zero-order chi connectivity index (χ0) is 21.9. The average Bonchev–Trinajstić information content (AvgIpc) is 2.61. The molecule has 0 radical (unpaired) electrons. The summed E-state index contributed by atoms with van der Waals surface area (Å²) in [6, 6.07) is -3.99. The predicted molar refractivity (Wildman–Crippen MR) is 95.9 cm³/mol. The van der Waals surface area contributed by atoms with Crippen LogP contribution in [0, 0.1) is 5.92 Å². The maximum atomic E-state index is 12.4. The highest BCUT2D eigenvalue weighted by atomic mass is 16.4. The summed E-state index contributed by atoms with van der Waals surface area (Å²) >= 11 is 0. The molecule has 0 aromatic rings. The van der Waals surface area contributed by atoms with Crippen molar-refractivity contribution in [3.63, 3.8) is 0 Å². The lowest BCUT2D eigenvalue weighted by Crippen LogP contribution is -2.57. The fourth-order valence-corrected chi connectivity index (χ4v) is 2.22. The molecule has 0 bridgehead atoms. The van der Waals surface area contributed by atoms with E-state index in [0.29, 0.717) is 0 Å². The van der Waals surface area contributed by atoms with E-state index in [4.69, 9.17) is 10.8 Å². The molecule has 0 aliphatic rings. The van der Waals surface area contributed by atoms with Crippen LogP contribution in [-0.2, 0) is 24.0 Å². The number of carbonyl (C=O) groups is 5. The Morgan fingerprint density at radius 3 is 1.86 bits per heavy atom. The van der Waals surface area contributed by atoms with Gasteiger partial charge in [-0.3, -0.25) is 19.2 Å². The minimum Gasteiger partial charge on any atom is -0.481 e. The highest BCUT2D eigenvalue weighted by molar-refractivity contribution is 5.93. The number of nitrogens with two attached hydrogens (primary N) is 1. The van der Waals surface area contributed by atoms with Crippen molar-refractivity contribution in [2.45, 2.75) is 51.2 Å². The zero-order valence-electron chi connectivity index (χ0n) is 15.8. The molecule has 3 unspecified atom stereocenters. The van der Waals surface area contributed by atoms with Crippen molar-refractivity contribution in [2.75, 3.05) is 13.2 Å². The molecule has 12 heteroatoms. The lowest BCUT2D eigenvalue weighted by atomic mass is 10.0. The molecule has 0 heterocycles. The monoisotopic (exact) mass is 404 g/mol. The number of amides is 3. The molecule has 8 N–H and O–H groups in total. The minimum atomic E-state index is -1.40. The second kappa shape index (κ2) is 12.6. The average molecular weight is 404 g/mol. The van der Waals surface area contributed by atoms with Crippen LogP contribution in [0.4, 0.5) is 0 Å². The van der Waals surface area contributed by atoms with E-state index >= 15 is 0 Å². The number of aliphatic carboxylic acids is 2. The number of carboxylic acids is 2. The molecular weight excluding hydrogens is 376 g/mol. The normalized spacial score (nSPS) is 13.9. The molecule has 0 aliphatic carbocycles. The number of rotatable bonds is 13. The van der Waals surface area contributed by atoms with E-state index in [9.17, 15) is 34.2 Å². The van der Waals surface area contributed by atoms with E-state index in [1.807, 2.05) is 0 Å². The maximum Gasteiger partial charge on any atom is 0.326 e. The van der Waals surface area contributed by atoms with Crippen LogP contribution in [-0.4, -0.2) is 76.3 Å². The first-order valence-electron chi connectivity index (χ1n) is 8.67. The van der Waals surface area contributed by atoms with Crippen LogP contribution in [0.5, 0.6) is 0 Å². The Labute approximate surface area is 161 Å². The zero-order valence-corrected chi connectivity index (χ0v) is 15.8. The minimum absolute atomic E-state index is 0.0429. The molecule has 28 heavy (non-hydrogen) atoms. The van der Waals surface area contributed by atoms with Crippen LogP contribution in [0.25, 0.3) is 0 Å². The number of carboxylic acid groups (broad SMARTS) is 2. The molecule has 0 aliphatic heterocycles. The van der Waals surface area contributed by atoms with E-state index in [-0.39, 0.29) is 18.8 Å².